The normalized spacial score (nSPS) is 11.6. The fourth-order valence-electron chi connectivity index (χ4n) is 1.24. The van der Waals surface area contributed by atoms with E-state index in [1.165, 1.54) is 0 Å². The number of likely N-dealkylation sites (N-methyl/N-ethyl adjacent to an activating group) is 1. The molecule has 0 aliphatic carbocycles. The highest BCUT2D eigenvalue weighted by Crippen LogP contribution is 2.13. The summed E-state index contributed by atoms with van der Waals surface area (Å²) in [5, 5.41) is 3.13. The van der Waals surface area contributed by atoms with Crippen molar-refractivity contribution >= 4 is 22.9 Å². The van der Waals surface area contributed by atoms with Crippen molar-refractivity contribution in [2.75, 3.05) is 20.2 Å². The Bertz CT molecular complexity index is 304. The van der Waals surface area contributed by atoms with Crippen LogP contribution in [0.5, 0.6) is 0 Å². The smallest absolute Gasteiger partial charge is 0.107 e. The molecule has 0 amide bonds. The average molecular weight is 263 g/mol. The molecule has 0 aliphatic rings. The molecule has 0 unspecified atom stereocenters. The van der Waals surface area contributed by atoms with Gasteiger partial charge in [0.2, 0.25) is 0 Å². The molecule has 1 aromatic rings. The predicted octanol–water partition coefficient (Wildman–Crippen LogP) is 2.74. The summed E-state index contributed by atoms with van der Waals surface area (Å²) < 4.78 is 5.50. The maximum absolute atomic E-state index is 5.71. The zero-order chi connectivity index (χ0) is 12.0. The monoisotopic (exact) mass is 262 g/mol. The lowest BCUT2D eigenvalue weighted by atomic mass is 10.4. The number of rotatable bonds is 7. The highest BCUT2D eigenvalue weighted by molar-refractivity contribution is 7.09. The Hall–Kier alpha value is -0.160. The van der Waals surface area contributed by atoms with E-state index in [2.05, 4.69) is 16.9 Å². The van der Waals surface area contributed by atoms with Crippen LogP contribution in [0.2, 0.25) is 0 Å². The first-order chi connectivity index (χ1) is 7.61. The van der Waals surface area contributed by atoms with Crippen molar-refractivity contribution < 1.29 is 4.74 Å². The quantitative estimate of drug-likeness (QED) is 0.707. The summed E-state index contributed by atoms with van der Waals surface area (Å²) in [6, 6.07) is 0. The zero-order valence-electron chi connectivity index (χ0n) is 10.1. The second kappa shape index (κ2) is 7.22. The predicted molar refractivity (Wildman–Crippen MR) is 69.1 cm³/mol. The highest BCUT2D eigenvalue weighted by Gasteiger charge is 2.05. The molecule has 0 atom stereocenters. The molecule has 3 nitrogen and oxygen atoms in total. The van der Waals surface area contributed by atoms with Gasteiger partial charge >= 0.3 is 0 Å². The van der Waals surface area contributed by atoms with Gasteiger partial charge in [-0.2, -0.15) is 0 Å². The summed E-state index contributed by atoms with van der Waals surface area (Å²) in [4.78, 5) is 6.62. The van der Waals surface area contributed by atoms with Crippen LogP contribution in [0.4, 0.5) is 0 Å². The van der Waals surface area contributed by atoms with Crippen LogP contribution in [-0.2, 0) is 17.2 Å². The molecule has 1 heterocycles. The first kappa shape index (κ1) is 13.9. The topological polar surface area (TPSA) is 25.4 Å². The Balaban J connectivity index is 2.25. The van der Waals surface area contributed by atoms with Gasteiger partial charge in [-0.3, -0.25) is 4.90 Å². The summed E-state index contributed by atoms with van der Waals surface area (Å²) in [6.07, 6.45) is 0.302. The van der Waals surface area contributed by atoms with Crippen LogP contribution in [0.25, 0.3) is 0 Å². The van der Waals surface area contributed by atoms with Gasteiger partial charge in [-0.1, -0.05) is 0 Å². The van der Waals surface area contributed by atoms with Crippen molar-refractivity contribution in [1.29, 1.82) is 0 Å². The van der Waals surface area contributed by atoms with Crippen LogP contribution >= 0.6 is 22.9 Å². The first-order valence-electron chi connectivity index (χ1n) is 5.41. The molecule has 0 bridgehead atoms. The lowest BCUT2D eigenvalue weighted by Gasteiger charge is -2.16. The second-order valence-electron chi connectivity index (χ2n) is 4.02. The molecule has 1 rings (SSSR count). The van der Waals surface area contributed by atoms with Crippen LogP contribution < -0.4 is 0 Å². The molecule has 16 heavy (non-hydrogen) atoms. The molecule has 0 N–H and O–H groups in total. The number of hydrogen-bond acceptors (Lipinski definition) is 4. The van der Waals surface area contributed by atoms with Gasteiger partial charge in [-0.05, 0) is 20.9 Å². The molecule has 0 aromatic carbocycles. The third kappa shape index (κ3) is 5.25. The number of ether oxygens (including phenoxy) is 1. The van der Waals surface area contributed by atoms with Gasteiger partial charge in [-0.15, -0.1) is 22.9 Å². The van der Waals surface area contributed by atoms with Crippen molar-refractivity contribution in [1.82, 2.24) is 9.88 Å². The first-order valence-corrected chi connectivity index (χ1v) is 6.82. The van der Waals surface area contributed by atoms with Gasteiger partial charge < -0.3 is 4.74 Å². The van der Waals surface area contributed by atoms with E-state index in [0.717, 1.165) is 30.4 Å². The summed E-state index contributed by atoms with van der Waals surface area (Å²) in [6.45, 7) is 6.65. The molecule has 0 radical (unpaired) electrons. The molecule has 0 fully saturated rings. The summed E-state index contributed by atoms with van der Waals surface area (Å²) in [5.74, 6) is 0.497. The maximum atomic E-state index is 5.71. The number of alkyl halides is 1. The second-order valence-corrected chi connectivity index (χ2v) is 5.23. The van der Waals surface area contributed by atoms with E-state index in [1.54, 1.807) is 11.3 Å². The number of thiazole rings is 1. The Kier molecular flexibility index (Phi) is 6.28. The van der Waals surface area contributed by atoms with E-state index in [0.29, 0.717) is 12.0 Å². The molecule has 1 aromatic heterocycles. The number of halogens is 1. The van der Waals surface area contributed by atoms with Crippen molar-refractivity contribution in [2.45, 2.75) is 32.4 Å². The minimum Gasteiger partial charge on any atom is -0.377 e. The molecular weight excluding hydrogens is 244 g/mol. The van der Waals surface area contributed by atoms with Crippen LogP contribution in [0.3, 0.4) is 0 Å². The SMILES string of the molecule is CC(C)OCCN(C)Cc1nc(CCl)cs1. The minimum atomic E-state index is 0.302. The molecule has 0 saturated heterocycles. The maximum Gasteiger partial charge on any atom is 0.107 e. The summed E-state index contributed by atoms with van der Waals surface area (Å²) in [7, 11) is 2.07. The summed E-state index contributed by atoms with van der Waals surface area (Å²) in [5.41, 5.74) is 0.966. The Morgan fingerprint density at radius 2 is 2.31 bits per heavy atom. The van der Waals surface area contributed by atoms with E-state index in [9.17, 15) is 0 Å². The zero-order valence-corrected chi connectivity index (χ0v) is 11.6. The van der Waals surface area contributed by atoms with Crippen LogP contribution in [0.1, 0.15) is 24.5 Å². The van der Waals surface area contributed by atoms with Gasteiger partial charge in [0, 0.05) is 11.9 Å². The van der Waals surface area contributed by atoms with Crippen LogP contribution in [0.15, 0.2) is 5.38 Å². The Morgan fingerprint density at radius 1 is 1.56 bits per heavy atom. The van der Waals surface area contributed by atoms with Gasteiger partial charge in [0.15, 0.2) is 0 Å². The van der Waals surface area contributed by atoms with Crippen molar-refractivity contribution in [3.63, 3.8) is 0 Å². The van der Waals surface area contributed by atoms with Gasteiger partial charge in [0.25, 0.3) is 0 Å². The molecule has 5 heteroatoms. The molecule has 0 aliphatic heterocycles. The fraction of sp³-hybridized carbons (Fsp3) is 0.727. The third-order valence-corrected chi connectivity index (χ3v) is 3.22. The van der Waals surface area contributed by atoms with E-state index < -0.39 is 0 Å². The fourth-order valence-corrected chi connectivity index (χ4v) is 2.34. The van der Waals surface area contributed by atoms with Crippen molar-refractivity contribution in [3.8, 4) is 0 Å². The van der Waals surface area contributed by atoms with Gasteiger partial charge in [0.1, 0.15) is 5.01 Å². The lowest BCUT2D eigenvalue weighted by molar-refractivity contribution is 0.0627. The Labute approximate surface area is 106 Å². The molecule has 0 spiro atoms. The molecular formula is C11H19ClN2OS. The minimum absolute atomic E-state index is 0.302. The van der Waals surface area contributed by atoms with Gasteiger partial charge in [-0.25, -0.2) is 4.98 Å². The van der Waals surface area contributed by atoms with E-state index >= 15 is 0 Å². The van der Waals surface area contributed by atoms with Crippen LogP contribution in [-0.4, -0.2) is 36.2 Å². The number of aromatic nitrogens is 1. The van der Waals surface area contributed by atoms with E-state index in [4.69, 9.17) is 16.3 Å². The largest absolute Gasteiger partial charge is 0.377 e. The average Bonchev–Trinajstić information content (AvgIpc) is 2.65. The van der Waals surface area contributed by atoms with Crippen LogP contribution in [0, 0.1) is 0 Å². The number of hydrogen-bond donors (Lipinski definition) is 0. The highest BCUT2D eigenvalue weighted by atomic mass is 35.5. The molecule has 92 valence electrons. The van der Waals surface area contributed by atoms with E-state index in [1.807, 2.05) is 19.2 Å². The van der Waals surface area contributed by atoms with Gasteiger partial charge in [0.05, 0.1) is 30.8 Å². The van der Waals surface area contributed by atoms with E-state index in [-0.39, 0.29) is 0 Å². The third-order valence-electron chi connectivity index (χ3n) is 2.07. The number of nitrogens with zero attached hydrogens (tertiary/aromatic N) is 2. The van der Waals surface area contributed by atoms with Crippen molar-refractivity contribution in [3.05, 3.63) is 16.1 Å². The van der Waals surface area contributed by atoms with Crippen molar-refractivity contribution in [2.24, 2.45) is 0 Å². The Morgan fingerprint density at radius 3 is 2.88 bits per heavy atom. The molecule has 0 saturated carbocycles. The summed E-state index contributed by atoms with van der Waals surface area (Å²) >= 11 is 7.37. The lowest BCUT2D eigenvalue weighted by Crippen LogP contribution is -2.23. The standard InChI is InChI=1S/C11H19ClN2OS/c1-9(2)15-5-4-14(3)7-11-13-10(6-12)8-16-11/h8-9H,4-7H2,1-3H3.